The van der Waals surface area contributed by atoms with Crippen LogP contribution in [0.25, 0.3) is 43.9 Å². The summed E-state index contributed by atoms with van der Waals surface area (Å²) in [6, 6.07) is 13.0. The third-order valence-electron chi connectivity index (χ3n) is 5.43. The molecule has 0 spiro atoms. The average molecular weight is 456 g/mol. The van der Waals surface area contributed by atoms with Crippen molar-refractivity contribution < 1.29 is 27.1 Å². The molecular weight excluding hydrogens is 440 g/mol. The number of hydrogen-bond acceptors (Lipinski definition) is 8. The van der Waals surface area contributed by atoms with Gasteiger partial charge in [-0.25, -0.2) is 9.59 Å². The van der Waals surface area contributed by atoms with Crippen molar-refractivity contribution in [2.75, 3.05) is 13.2 Å². The van der Waals surface area contributed by atoms with E-state index in [1.54, 1.807) is 48.9 Å². The van der Waals surface area contributed by atoms with Gasteiger partial charge in [0.15, 0.2) is 0 Å². The van der Waals surface area contributed by atoms with Gasteiger partial charge in [-0.3, -0.25) is 0 Å². The highest BCUT2D eigenvalue weighted by molar-refractivity contribution is 6.02. The molecule has 34 heavy (non-hydrogen) atoms. The zero-order valence-electron chi connectivity index (χ0n) is 17.6. The maximum atomic E-state index is 11.6. The standard InChI is InChI=1S/C26H16O8/c27-23-5-3-15-21(33-23)13-19-17(7-11-29-19)25(15)31-9-1-2-10-32-26-16-4-6-24(28)34-22(16)14-20-18(26)8-12-30-20/h1-8,11-14H,9-10H2/b2-1-. The second kappa shape index (κ2) is 8.00. The molecule has 0 amide bonds. The van der Waals surface area contributed by atoms with Crippen molar-refractivity contribution in [2.45, 2.75) is 0 Å². The van der Waals surface area contributed by atoms with Gasteiger partial charge in [-0.05, 0) is 36.4 Å². The van der Waals surface area contributed by atoms with E-state index in [1.807, 2.05) is 12.2 Å². The fourth-order valence-electron chi connectivity index (χ4n) is 3.93. The Balaban J connectivity index is 1.22. The van der Waals surface area contributed by atoms with E-state index >= 15 is 0 Å². The van der Waals surface area contributed by atoms with Crippen LogP contribution in [0.4, 0.5) is 0 Å². The summed E-state index contributed by atoms with van der Waals surface area (Å²) < 4.78 is 33.5. The highest BCUT2D eigenvalue weighted by atomic mass is 16.5. The number of rotatable bonds is 6. The van der Waals surface area contributed by atoms with Gasteiger partial charge >= 0.3 is 11.3 Å². The minimum absolute atomic E-state index is 0.257. The molecule has 0 aliphatic carbocycles. The zero-order chi connectivity index (χ0) is 23.1. The van der Waals surface area contributed by atoms with E-state index in [9.17, 15) is 9.59 Å². The highest BCUT2D eigenvalue weighted by Gasteiger charge is 2.14. The van der Waals surface area contributed by atoms with Gasteiger partial charge in [0.2, 0.25) is 0 Å². The van der Waals surface area contributed by atoms with E-state index < -0.39 is 11.3 Å². The van der Waals surface area contributed by atoms with Crippen LogP contribution in [0.2, 0.25) is 0 Å². The topological polar surface area (TPSA) is 105 Å². The van der Waals surface area contributed by atoms with Gasteiger partial charge in [-0.1, -0.05) is 0 Å². The number of hydrogen-bond donors (Lipinski definition) is 0. The van der Waals surface area contributed by atoms with Crippen LogP contribution in [-0.4, -0.2) is 13.2 Å². The van der Waals surface area contributed by atoms with E-state index in [4.69, 9.17) is 27.1 Å². The molecule has 4 aromatic heterocycles. The van der Waals surface area contributed by atoms with Gasteiger partial charge in [-0.2, -0.15) is 0 Å². The molecule has 8 heteroatoms. The Bertz CT molecular complexity index is 1680. The van der Waals surface area contributed by atoms with Gasteiger partial charge in [0, 0.05) is 24.3 Å². The fraction of sp³-hybridized carbons (Fsp3) is 0.0769. The van der Waals surface area contributed by atoms with Gasteiger partial charge in [0.05, 0.1) is 34.1 Å². The van der Waals surface area contributed by atoms with Crippen LogP contribution in [0.3, 0.4) is 0 Å². The molecule has 0 saturated carbocycles. The Kier molecular flexibility index (Phi) is 4.69. The van der Waals surface area contributed by atoms with Crippen molar-refractivity contribution in [1.29, 1.82) is 0 Å². The average Bonchev–Trinajstić information content (AvgIpc) is 3.48. The number of ether oxygens (including phenoxy) is 2. The molecule has 0 radical (unpaired) electrons. The van der Waals surface area contributed by atoms with Crippen LogP contribution in [0.1, 0.15) is 0 Å². The molecule has 6 aromatic rings. The summed E-state index contributed by atoms with van der Waals surface area (Å²) in [5.74, 6) is 1.14. The van der Waals surface area contributed by atoms with Crippen molar-refractivity contribution >= 4 is 43.9 Å². The third kappa shape index (κ3) is 3.41. The summed E-state index contributed by atoms with van der Waals surface area (Å²) in [6.07, 6.45) is 6.76. The van der Waals surface area contributed by atoms with Crippen LogP contribution >= 0.6 is 0 Å². The van der Waals surface area contributed by atoms with E-state index in [1.165, 1.54) is 12.1 Å². The van der Waals surface area contributed by atoms with Crippen LogP contribution in [0, 0.1) is 0 Å². The van der Waals surface area contributed by atoms with Crippen LogP contribution in [0.5, 0.6) is 11.5 Å². The van der Waals surface area contributed by atoms with Gasteiger partial charge in [-0.15, -0.1) is 0 Å². The summed E-state index contributed by atoms with van der Waals surface area (Å²) in [4.78, 5) is 23.2. The summed E-state index contributed by atoms with van der Waals surface area (Å²) in [7, 11) is 0. The lowest BCUT2D eigenvalue weighted by Gasteiger charge is -2.09. The molecule has 6 rings (SSSR count). The Labute approximate surface area is 190 Å². The predicted octanol–water partition coefficient (Wildman–Crippen LogP) is 5.41. The summed E-state index contributed by atoms with van der Waals surface area (Å²) in [6.45, 7) is 0.515. The first-order valence-electron chi connectivity index (χ1n) is 10.5. The molecule has 0 aliphatic rings. The molecule has 8 nitrogen and oxygen atoms in total. The van der Waals surface area contributed by atoms with Crippen molar-refractivity contribution in [1.82, 2.24) is 0 Å². The Morgan fingerprint density at radius 1 is 0.588 bits per heavy atom. The quantitative estimate of drug-likeness (QED) is 0.242. The van der Waals surface area contributed by atoms with E-state index in [0.717, 1.165) is 10.8 Å². The highest BCUT2D eigenvalue weighted by Crippen LogP contribution is 2.36. The zero-order valence-corrected chi connectivity index (χ0v) is 17.6. The van der Waals surface area contributed by atoms with Gasteiger partial charge < -0.3 is 27.1 Å². The lowest BCUT2D eigenvalue weighted by Crippen LogP contribution is -2.00. The summed E-state index contributed by atoms with van der Waals surface area (Å²) >= 11 is 0. The SMILES string of the molecule is O=c1ccc2c(OC/C=C\COc3c4ccoc4cc4oc(=O)ccc34)c3ccoc3cc2o1. The second-order valence-corrected chi connectivity index (χ2v) is 7.50. The Morgan fingerprint density at radius 2 is 1.03 bits per heavy atom. The molecule has 2 aromatic carbocycles. The van der Waals surface area contributed by atoms with Crippen LogP contribution < -0.4 is 20.7 Å². The monoisotopic (exact) mass is 456 g/mol. The molecule has 0 bridgehead atoms. The van der Waals surface area contributed by atoms with Crippen molar-refractivity contribution in [2.24, 2.45) is 0 Å². The molecule has 0 aliphatic heterocycles. The van der Waals surface area contributed by atoms with E-state index in [0.29, 0.717) is 44.6 Å². The molecule has 0 saturated heterocycles. The summed E-state index contributed by atoms with van der Waals surface area (Å²) in [5, 5.41) is 2.92. The second-order valence-electron chi connectivity index (χ2n) is 7.50. The number of fused-ring (bicyclic) bond motifs is 4. The molecule has 0 unspecified atom stereocenters. The normalized spacial score (nSPS) is 11.9. The first-order chi connectivity index (χ1) is 16.7. The van der Waals surface area contributed by atoms with Crippen molar-refractivity contribution in [3.8, 4) is 11.5 Å². The molecule has 168 valence electrons. The maximum absolute atomic E-state index is 11.6. The van der Waals surface area contributed by atoms with Gasteiger partial charge in [0.25, 0.3) is 0 Å². The van der Waals surface area contributed by atoms with Crippen LogP contribution in [0.15, 0.2) is 100 Å². The largest absolute Gasteiger partial charge is 0.488 e. The van der Waals surface area contributed by atoms with E-state index in [-0.39, 0.29) is 13.2 Å². The molecular formula is C26H16O8. The Hall–Kier alpha value is -4.72. The van der Waals surface area contributed by atoms with Crippen molar-refractivity contribution in [3.63, 3.8) is 0 Å². The Morgan fingerprint density at radius 3 is 1.50 bits per heavy atom. The minimum atomic E-state index is -0.444. The van der Waals surface area contributed by atoms with Crippen LogP contribution in [-0.2, 0) is 0 Å². The fourth-order valence-corrected chi connectivity index (χ4v) is 3.93. The van der Waals surface area contributed by atoms with Crippen molar-refractivity contribution in [3.05, 3.63) is 94.0 Å². The summed E-state index contributed by atoms with van der Waals surface area (Å²) in [5.41, 5.74) is 1.03. The molecule has 0 fully saturated rings. The first kappa shape index (κ1) is 19.9. The van der Waals surface area contributed by atoms with Gasteiger partial charge in [0.1, 0.15) is 47.0 Å². The molecule has 0 N–H and O–H groups in total. The third-order valence-corrected chi connectivity index (χ3v) is 5.43. The first-order valence-corrected chi connectivity index (χ1v) is 10.5. The lowest BCUT2D eigenvalue weighted by molar-refractivity contribution is 0.358. The minimum Gasteiger partial charge on any atom is -0.488 e. The lowest BCUT2D eigenvalue weighted by atomic mass is 10.1. The molecule has 0 atom stereocenters. The number of benzene rings is 2. The maximum Gasteiger partial charge on any atom is 0.336 e. The predicted molar refractivity (Wildman–Crippen MR) is 125 cm³/mol. The van der Waals surface area contributed by atoms with E-state index in [2.05, 4.69) is 0 Å². The number of furan rings is 2. The smallest absolute Gasteiger partial charge is 0.336 e. The molecule has 4 heterocycles.